The molecule has 0 spiro atoms. The molecule has 5 rings (SSSR count). The Morgan fingerprint density at radius 1 is 1.10 bits per heavy atom. The van der Waals surface area contributed by atoms with Gasteiger partial charge in [-0.05, 0) is 82.0 Å². The van der Waals surface area contributed by atoms with E-state index in [1.807, 2.05) is 10.8 Å². The summed E-state index contributed by atoms with van der Waals surface area (Å²) in [5.74, 6) is -1.95. The average molecular weight is 744 g/mol. The van der Waals surface area contributed by atoms with Crippen molar-refractivity contribution >= 4 is 44.9 Å². The highest BCUT2D eigenvalue weighted by molar-refractivity contribution is 7.85. The van der Waals surface area contributed by atoms with E-state index in [-0.39, 0.29) is 25.3 Å². The topological polar surface area (TPSA) is 192 Å². The first-order valence-corrected chi connectivity index (χ1v) is 18.6. The van der Waals surface area contributed by atoms with Gasteiger partial charge in [0.25, 0.3) is 5.91 Å². The molecule has 3 fully saturated rings. The molecule has 4 amide bonds. The molecule has 0 radical (unpaired) electrons. The maximum atomic E-state index is 14.5. The number of pyridine rings is 1. The van der Waals surface area contributed by atoms with Crippen molar-refractivity contribution in [2.45, 2.75) is 109 Å². The van der Waals surface area contributed by atoms with Crippen molar-refractivity contribution in [1.82, 2.24) is 25.2 Å². The van der Waals surface area contributed by atoms with Gasteiger partial charge in [-0.3, -0.25) is 14.4 Å². The Bertz CT molecular complexity index is 1870. The van der Waals surface area contributed by atoms with Crippen molar-refractivity contribution in [1.29, 1.82) is 0 Å². The largest absolute Gasteiger partial charge is 0.497 e. The zero-order chi connectivity index (χ0) is 38.4. The molecule has 1 aromatic heterocycles. The van der Waals surface area contributed by atoms with Gasteiger partial charge in [-0.2, -0.15) is 8.42 Å². The number of nitrogens with zero attached hydrogens (tertiary/aromatic N) is 2. The molecule has 2 aliphatic carbocycles. The van der Waals surface area contributed by atoms with E-state index >= 15 is 0 Å². The maximum Gasteiger partial charge on any atom is 0.408 e. The van der Waals surface area contributed by atoms with Crippen LogP contribution in [0.25, 0.3) is 10.8 Å². The molecule has 3 aliphatic rings. The number of rotatable bonds is 12. The lowest BCUT2D eigenvalue weighted by molar-refractivity contribution is -0.143. The van der Waals surface area contributed by atoms with Crippen LogP contribution in [-0.4, -0.2) is 90.7 Å². The summed E-state index contributed by atoms with van der Waals surface area (Å²) in [5, 5.41) is 6.90. The molecule has 0 unspecified atom stereocenters. The van der Waals surface area contributed by atoms with E-state index in [4.69, 9.17) is 18.4 Å². The van der Waals surface area contributed by atoms with Crippen LogP contribution >= 0.6 is 0 Å². The summed E-state index contributed by atoms with van der Waals surface area (Å²) in [4.78, 5) is 60.9. The average Bonchev–Trinajstić information content (AvgIpc) is 3.90. The molecule has 2 heterocycles. The molecule has 3 N–H and O–H groups in total. The molecule has 0 bridgehead atoms. The van der Waals surface area contributed by atoms with Crippen LogP contribution in [0.2, 0.25) is 0 Å². The number of carbonyl (C=O) groups excluding carboxylic acids is 4. The molecule has 15 nitrogen and oxygen atoms in total. The van der Waals surface area contributed by atoms with Gasteiger partial charge < -0.3 is 29.7 Å². The molecule has 1 saturated heterocycles. The Labute approximate surface area is 304 Å². The molecule has 2 saturated carbocycles. The lowest BCUT2D eigenvalue weighted by Crippen LogP contribution is -2.60. The first kappa shape index (κ1) is 38.8. The highest BCUT2D eigenvalue weighted by Gasteiger charge is 2.62. The van der Waals surface area contributed by atoms with E-state index in [0.717, 1.165) is 5.39 Å². The maximum absolute atomic E-state index is 14.5. The zero-order valence-corrected chi connectivity index (χ0v) is 31.7. The second kappa shape index (κ2) is 13.8. The summed E-state index contributed by atoms with van der Waals surface area (Å²) in [5.41, 5.74) is -4.20. The van der Waals surface area contributed by atoms with Crippen LogP contribution in [0, 0.1) is 11.3 Å². The van der Waals surface area contributed by atoms with E-state index in [1.165, 1.54) is 11.0 Å². The Balaban J connectivity index is 1.43. The lowest BCUT2D eigenvalue weighted by atomic mass is 9.85. The fourth-order valence-corrected chi connectivity index (χ4v) is 7.36. The number of amides is 4. The molecule has 16 heteroatoms. The first-order valence-electron chi connectivity index (χ1n) is 17.2. The molecule has 1 aliphatic heterocycles. The van der Waals surface area contributed by atoms with Crippen molar-refractivity contribution in [3.8, 4) is 11.6 Å². The lowest BCUT2D eigenvalue weighted by Gasteiger charge is -2.36. The summed E-state index contributed by atoms with van der Waals surface area (Å²) in [6.45, 7) is 15.7. The molecule has 284 valence electrons. The number of benzene rings is 1. The van der Waals surface area contributed by atoms with E-state index in [0.29, 0.717) is 24.0 Å². The predicted molar refractivity (Wildman–Crippen MR) is 190 cm³/mol. The summed E-state index contributed by atoms with van der Waals surface area (Å²) in [6.07, 6.45) is 2.60. The second-order valence-corrected chi connectivity index (χ2v) is 17.3. The number of likely N-dealkylation sites (tertiary alicyclic amines) is 1. The van der Waals surface area contributed by atoms with Crippen LogP contribution in [0.5, 0.6) is 11.6 Å². The number of hydrogen-bond acceptors (Lipinski definition) is 11. The van der Waals surface area contributed by atoms with E-state index < -0.39 is 80.4 Å². The van der Waals surface area contributed by atoms with Gasteiger partial charge in [0.1, 0.15) is 35.1 Å². The number of methoxy groups -OCH3 is 1. The Kier molecular flexibility index (Phi) is 10.3. The molecule has 52 heavy (non-hydrogen) atoms. The molecule has 1 aromatic carbocycles. The van der Waals surface area contributed by atoms with Gasteiger partial charge in [0, 0.05) is 23.9 Å². The van der Waals surface area contributed by atoms with Gasteiger partial charge in [0.05, 0.1) is 19.3 Å². The molecule has 5 atom stereocenters. The van der Waals surface area contributed by atoms with Crippen molar-refractivity contribution in [3.05, 3.63) is 43.1 Å². The van der Waals surface area contributed by atoms with E-state index in [1.54, 1.807) is 80.0 Å². The fourth-order valence-electron chi connectivity index (χ4n) is 6.21. The van der Waals surface area contributed by atoms with Gasteiger partial charge >= 0.3 is 16.4 Å². The summed E-state index contributed by atoms with van der Waals surface area (Å²) in [7, 11) is -2.92. The van der Waals surface area contributed by atoms with Crippen LogP contribution in [0.4, 0.5) is 4.79 Å². The van der Waals surface area contributed by atoms with Crippen molar-refractivity contribution in [2.24, 2.45) is 11.3 Å². The normalized spacial score (nSPS) is 24.3. The smallest absolute Gasteiger partial charge is 0.408 e. The second-order valence-electron chi connectivity index (χ2n) is 16.1. The minimum Gasteiger partial charge on any atom is -0.497 e. The van der Waals surface area contributed by atoms with Gasteiger partial charge in [0.15, 0.2) is 0 Å². The summed E-state index contributed by atoms with van der Waals surface area (Å²) >= 11 is 0. The van der Waals surface area contributed by atoms with Crippen LogP contribution in [0.1, 0.15) is 74.1 Å². The minimum atomic E-state index is -4.48. The predicted octanol–water partition coefficient (Wildman–Crippen LogP) is 3.52. The van der Waals surface area contributed by atoms with Gasteiger partial charge in [-0.15, -0.1) is 6.58 Å². The Morgan fingerprint density at radius 3 is 2.37 bits per heavy atom. The van der Waals surface area contributed by atoms with E-state index in [9.17, 15) is 27.6 Å². The van der Waals surface area contributed by atoms with Crippen LogP contribution in [0.15, 0.2) is 43.1 Å². The third-order valence-electron chi connectivity index (χ3n) is 9.37. The van der Waals surface area contributed by atoms with Crippen molar-refractivity contribution in [3.63, 3.8) is 0 Å². The Hall–Kier alpha value is -4.44. The highest BCUT2D eigenvalue weighted by Crippen LogP contribution is 2.46. The number of nitrogens with one attached hydrogen (secondary N) is 3. The number of alkyl carbamates (subject to hydrolysis) is 1. The molecular formula is C36H49N5O10S. The molecule has 2 aromatic rings. The van der Waals surface area contributed by atoms with Gasteiger partial charge in [-0.25, -0.2) is 18.7 Å². The fraction of sp³-hybridized carbons (Fsp3) is 0.583. The first-order chi connectivity index (χ1) is 24.1. The quantitative estimate of drug-likeness (QED) is 0.270. The van der Waals surface area contributed by atoms with Gasteiger partial charge in [-0.1, -0.05) is 26.8 Å². The zero-order valence-electron chi connectivity index (χ0n) is 30.9. The minimum absolute atomic E-state index is 0.00862. The number of aromatic nitrogens is 1. The number of fused-ring (bicyclic) bond motifs is 1. The van der Waals surface area contributed by atoms with Crippen molar-refractivity contribution in [2.75, 3.05) is 13.7 Å². The highest BCUT2D eigenvalue weighted by atomic mass is 32.2. The summed E-state index contributed by atoms with van der Waals surface area (Å²) < 4.78 is 49.7. The monoisotopic (exact) mass is 743 g/mol. The third kappa shape index (κ3) is 8.77. The Morgan fingerprint density at radius 2 is 1.79 bits per heavy atom. The number of hydrogen-bond donors (Lipinski definition) is 3. The van der Waals surface area contributed by atoms with Gasteiger partial charge in [0.2, 0.25) is 17.7 Å². The third-order valence-corrected chi connectivity index (χ3v) is 10.4. The standard InChI is InChI=1S/C36H49N5O10S/c1-10-22-19-36(22,31(44)40-52(46,47)51-35(8)14-15-35)39-28(42)26-18-24(49-29-25-12-11-23(48-9)17-21(25)13-16-37-29)20-41(26)30(43)27(33(2,3)4)38-32(45)50-34(5,6)7/h10-13,16-17,22,24,26-27H,1,14-15,18-20H2,2-9H3,(H,38,45)(H,39,42)(H,40,44)/t22-,24-,26+,27-,36-/m1/s1. The SMILES string of the molecule is C=C[C@@H]1C[C@]1(NC(=O)[C@@H]1C[C@@H](Oc2nccc3cc(OC)ccc23)CN1C(=O)[C@@H](NC(=O)OC(C)(C)C)C(C)(C)C)C(=O)NS(=O)(=O)OC1(C)CC1. The number of carbonyl (C=O) groups is 4. The van der Waals surface area contributed by atoms with Crippen molar-refractivity contribution < 1.29 is 46.0 Å². The van der Waals surface area contributed by atoms with Crippen LogP contribution < -0.4 is 24.8 Å². The molecular weight excluding hydrogens is 694 g/mol. The van der Waals surface area contributed by atoms with Crippen LogP contribution in [0.3, 0.4) is 0 Å². The van der Waals surface area contributed by atoms with Crippen LogP contribution in [-0.2, 0) is 33.6 Å². The summed E-state index contributed by atoms with van der Waals surface area (Å²) in [6, 6.07) is 4.86. The van der Waals surface area contributed by atoms with E-state index in [2.05, 4.69) is 22.2 Å². The number of ether oxygens (including phenoxy) is 3.